The molecule has 0 saturated carbocycles. The van der Waals surface area contributed by atoms with Gasteiger partial charge in [-0.1, -0.05) is 30.3 Å². The Balaban J connectivity index is 1.83. The fourth-order valence-electron chi connectivity index (χ4n) is 4.48. The summed E-state index contributed by atoms with van der Waals surface area (Å²) in [6.07, 6.45) is 0. The van der Waals surface area contributed by atoms with Crippen molar-refractivity contribution in [3.05, 3.63) is 35.9 Å². The molecule has 4 nitrogen and oxygen atoms in total. The number of fused-ring (bicyclic) bond motifs is 2. The molecule has 3 saturated heterocycles. The van der Waals surface area contributed by atoms with Crippen LogP contribution in [0.3, 0.4) is 0 Å². The number of ether oxygens (including phenoxy) is 2. The van der Waals surface area contributed by atoms with Crippen molar-refractivity contribution < 1.29 is 9.47 Å². The SMILES string of the molecule is CC1(C)COC2(N1)OC(C)(C)[C@@]1(c3ccccc3)N[C@@]21C. The Labute approximate surface area is 126 Å². The van der Waals surface area contributed by atoms with Crippen LogP contribution in [0.15, 0.2) is 30.3 Å². The molecule has 1 unspecified atom stereocenters. The molecule has 3 heterocycles. The summed E-state index contributed by atoms with van der Waals surface area (Å²) in [5, 5.41) is 7.30. The topological polar surface area (TPSA) is 52.4 Å². The van der Waals surface area contributed by atoms with Crippen LogP contribution in [0.1, 0.15) is 40.2 Å². The van der Waals surface area contributed by atoms with E-state index in [1.165, 1.54) is 5.56 Å². The first-order chi connectivity index (χ1) is 9.68. The van der Waals surface area contributed by atoms with Gasteiger partial charge in [0, 0.05) is 5.54 Å². The van der Waals surface area contributed by atoms with E-state index >= 15 is 0 Å². The van der Waals surface area contributed by atoms with E-state index in [0.717, 1.165) is 0 Å². The molecule has 114 valence electrons. The Morgan fingerprint density at radius 1 is 0.952 bits per heavy atom. The van der Waals surface area contributed by atoms with Crippen molar-refractivity contribution in [1.82, 2.24) is 10.6 Å². The molecule has 4 rings (SSSR count). The van der Waals surface area contributed by atoms with Crippen molar-refractivity contribution in [2.24, 2.45) is 0 Å². The molecule has 3 fully saturated rings. The van der Waals surface area contributed by atoms with Crippen LogP contribution in [-0.4, -0.2) is 29.2 Å². The second-order valence-corrected chi connectivity index (χ2v) is 7.89. The van der Waals surface area contributed by atoms with Gasteiger partial charge in [-0.2, -0.15) is 0 Å². The van der Waals surface area contributed by atoms with E-state index in [1.54, 1.807) is 0 Å². The van der Waals surface area contributed by atoms with E-state index in [-0.39, 0.29) is 22.2 Å². The van der Waals surface area contributed by atoms with Crippen molar-refractivity contribution in [1.29, 1.82) is 0 Å². The molecule has 0 radical (unpaired) electrons. The number of hydrogen-bond acceptors (Lipinski definition) is 4. The highest BCUT2D eigenvalue weighted by atomic mass is 16.8. The number of morpholine rings is 1. The molecule has 0 aliphatic carbocycles. The van der Waals surface area contributed by atoms with Crippen LogP contribution < -0.4 is 10.6 Å². The van der Waals surface area contributed by atoms with E-state index in [2.05, 4.69) is 69.5 Å². The third-order valence-corrected chi connectivity index (χ3v) is 5.43. The number of benzene rings is 1. The summed E-state index contributed by atoms with van der Waals surface area (Å²) in [5.74, 6) is -0.768. The van der Waals surface area contributed by atoms with E-state index in [9.17, 15) is 0 Å². The molecular formula is C17H24N2O2. The van der Waals surface area contributed by atoms with Crippen molar-refractivity contribution in [2.45, 2.75) is 62.7 Å². The van der Waals surface area contributed by atoms with Crippen LogP contribution in [0, 0.1) is 0 Å². The summed E-state index contributed by atoms with van der Waals surface area (Å²) in [4.78, 5) is 0. The Morgan fingerprint density at radius 2 is 1.62 bits per heavy atom. The van der Waals surface area contributed by atoms with Gasteiger partial charge in [-0.25, -0.2) is 0 Å². The predicted octanol–water partition coefficient (Wildman–Crippen LogP) is 2.10. The molecule has 4 heteroatoms. The smallest absolute Gasteiger partial charge is 0.249 e. The molecule has 2 N–H and O–H groups in total. The van der Waals surface area contributed by atoms with E-state index in [4.69, 9.17) is 9.47 Å². The van der Waals surface area contributed by atoms with E-state index in [0.29, 0.717) is 6.61 Å². The maximum atomic E-state index is 6.46. The molecule has 0 amide bonds. The Hall–Kier alpha value is -0.940. The van der Waals surface area contributed by atoms with Gasteiger partial charge in [0.05, 0.1) is 17.7 Å². The standard InChI is InChI=1S/C17H24N2O2/c1-13(2)11-20-17(18-13)15(5)16(19-15,14(3,4)21-17)12-9-7-6-8-10-12/h6-10,18-19H,11H2,1-5H3/t15-,16-,17?/m1/s1. The summed E-state index contributed by atoms with van der Waals surface area (Å²) in [6, 6.07) is 10.5. The molecular weight excluding hydrogens is 264 g/mol. The van der Waals surface area contributed by atoms with Crippen LogP contribution in [0.5, 0.6) is 0 Å². The van der Waals surface area contributed by atoms with Gasteiger partial charge in [-0.05, 0) is 40.2 Å². The van der Waals surface area contributed by atoms with Crippen molar-refractivity contribution in [3.63, 3.8) is 0 Å². The minimum atomic E-state index is -0.768. The molecule has 1 aromatic carbocycles. The average molecular weight is 288 g/mol. The van der Waals surface area contributed by atoms with Crippen LogP contribution >= 0.6 is 0 Å². The highest BCUT2D eigenvalue weighted by molar-refractivity contribution is 5.49. The molecule has 0 bridgehead atoms. The maximum Gasteiger partial charge on any atom is 0.249 e. The van der Waals surface area contributed by atoms with Gasteiger partial charge in [0.15, 0.2) is 0 Å². The number of hydrogen-bond donors (Lipinski definition) is 2. The zero-order chi connectivity index (χ0) is 15.1. The summed E-state index contributed by atoms with van der Waals surface area (Å²) < 4.78 is 12.6. The molecule has 0 aromatic heterocycles. The highest BCUT2D eigenvalue weighted by Gasteiger charge is 2.88. The molecule has 1 aromatic rings. The van der Waals surface area contributed by atoms with Crippen LogP contribution in [0.25, 0.3) is 0 Å². The van der Waals surface area contributed by atoms with Gasteiger partial charge in [-0.15, -0.1) is 0 Å². The van der Waals surface area contributed by atoms with E-state index < -0.39 is 5.91 Å². The second kappa shape index (κ2) is 3.51. The van der Waals surface area contributed by atoms with Crippen LogP contribution in [-0.2, 0) is 15.0 Å². The van der Waals surface area contributed by atoms with Crippen molar-refractivity contribution in [3.8, 4) is 0 Å². The van der Waals surface area contributed by atoms with Gasteiger partial charge in [0.25, 0.3) is 0 Å². The lowest BCUT2D eigenvalue weighted by molar-refractivity contribution is -0.260. The fraction of sp³-hybridized carbons (Fsp3) is 0.647. The monoisotopic (exact) mass is 288 g/mol. The number of nitrogens with one attached hydrogen (secondary N) is 2. The van der Waals surface area contributed by atoms with Crippen LogP contribution in [0.4, 0.5) is 0 Å². The first-order valence-electron chi connectivity index (χ1n) is 7.67. The summed E-state index contributed by atoms with van der Waals surface area (Å²) in [7, 11) is 0. The highest BCUT2D eigenvalue weighted by Crippen LogP contribution is 2.68. The zero-order valence-electron chi connectivity index (χ0n) is 13.4. The predicted molar refractivity (Wildman–Crippen MR) is 80.7 cm³/mol. The molecule has 3 aliphatic heterocycles. The summed E-state index contributed by atoms with van der Waals surface area (Å²) in [6.45, 7) is 11.4. The van der Waals surface area contributed by atoms with Crippen molar-refractivity contribution in [2.75, 3.05) is 6.61 Å². The lowest BCUT2D eigenvalue weighted by atomic mass is 9.77. The number of rotatable bonds is 1. The van der Waals surface area contributed by atoms with Gasteiger partial charge in [0.1, 0.15) is 5.54 Å². The quantitative estimate of drug-likeness (QED) is 0.777. The average Bonchev–Trinajstić information content (AvgIpc) is 2.92. The third-order valence-electron chi connectivity index (χ3n) is 5.43. The normalized spacial score (nSPS) is 45.8. The van der Waals surface area contributed by atoms with Gasteiger partial charge in [0.2, 0.25) is 5.91 Å². The fourth-order valence-corrected chi connectivity index (χ4v) is 4.48. The molecule has 21 heavy (non-hydrogen) atoms. The van der Waals surface area contributed by atoms with Gasteiger partial charge < -0.3 is 9.47 Å². The Kier molecular flexibility index (Phi) is 2.29. The third kappa shape index (κ3) is 1.39. The first-order valence-corrected chi connectivity index (χ1v) is 7.67. The van der Waals surface area contributed by atoms with Crippen LogP contribution in [0.2, 0.25) is 0 Å². The zero-order valence-corrected chi connectivity index (χ0v) is 13.4. The van der Waals surface area contributed by atoms with Crippen molar-refractivity contribution >= 4 is 0 Å². The largest absolute Gasteiger partial charge is 0.334 e. The molecule has 3 atom stereocenters. The summed E-state index contributed by atoms with van der Waals surface area (Å²) in [5.41, 5.74) is 0.296. The van der Waals surface area contributed by atoms with Gasteiger partial charge in [-0.3, -0.25) is 10.6 Å². The first kappa shape index (κ1) is 13.7. The second-order valence-electron chi connectivity index (χ2n) is 7.89. The Morgan fingerprint density at radius 3 is 2.14 bits per heavy atom. The minimum Gasteiger partial charge on any atom is -0.334 e. The van der Waals surface area contributed by atoms with E-state index in [1.807, 2.05) is 6.07 Å². The lowest BCUT2D eigenvalue weighted by Crippen LogP contribution is -2.59. The van der Waals surface area contributed by atoms with Gasteiger partial charge >= 0.3 is 0 Å². The lowest BCUT2D eigenvalue weighted by Gasteiger charge is -2.35. The minimum absolute atomic E-state index is 0.0872. The molecule has 1 spiro atoms. The summed E-state index contributed by atoms with van der Waals surface area (Å²) >= 11 is 0. The molecule has 3 aliphatic rings. The maximum absolute atomic E-state index is 6.46. The Bertz CT molecular complexity index is 600.